The van der Waals surface area contributed by atoms with Crippen LogP contribution in [0.15, 0.2) is 71.7 Å². The number of anilines is 3. The summed E-state index contributed by atoms with van der Waals surface area (Å²) in [6, 6.07) is 20.9. The van der Waals surface area contributed by atoms with Crippen molar-refractivity contribution in [3.8, 4) is 11.3 Å². The quantitative estimate of drug-likeness (QED) is 0.139. The molecule has 0 unspecified atom stereocenters. The third kappa shape index (κ3) is 6.28. The number of hydrogen-bond acceptors (Lipinski definition) is 8. The number of nitrogens with zero attached hydrogens (tertiary/aromatic N) is 4. The minimum Gasteiger partial charge on any atom is -0.464 e. The van der Waals surface area contributed by atoms with Crippen molar-refractivity contribution in [2.24, 2.45) is 10.7 Å². The number of benzene rings is 2. The van der Waals surface area contributed by atoms with Crippen molar-refractivity contribution >= 4 is 45.6 Å². The molecule has 190 valence electrons. The van der Waals surface area contributed by atoms with E-state index < -0.39 is 5.97 Å². The van der Waals surface area contributed by atoms with Crippen LogP contribution in [0.1, 0.15) is 48.0 Å². The second-order valence-corrected chi connectivity index (χ2v) is 9.20. The maximum absolute atomic E-state index is 12.4. The number of ether oxygens (including phenoxy) is 1. The Morgan fingerprint density at radius 3 is 2.35 bits per heavy atom. The fraction of sp³-hybridized carbons (Fsp3) is 0.222. The van der Waals surface area contributed by atoms with Crippen LogP contribution in [0.4, 0.5) is 22.3 Å². The van der Waals surface area contributed by atoms with Gasteiger partial charge in [0.1, 0.15) is 0 Å². The van der Waals surface area contributed by atoms with E-state index in [2.05, 4.69) is 44.7 Å². The normalized spacial score (nSPS) is 11.4. The van der Waals surface area contributed by atoms with E-state index in [1.165, 1.54) is 18.4 Å². The van der Waals surface area contributed by atoms with E-state index in [9.17, 15) is 4.79 Å². The molecule has 0 radical (unpaired) electrons. The summed E-state index contributed by atoms with van der Waals surface area (Å²) in [4.78, 5) is 22.2. The monoisotopic (exact) mass is 515 g/mol. The molecule has 0 saturated heterocycles. The predicted molar refractivity (Wildman–Crippen MR) is 149 cm³/mol. The second kappa shape index (κ2) is 12.1. The topological polar surface area (TPSA) is 127 Å². The number of carbonyl (C=O) groups is 1. The van der Waals surface area contributed by atoms with Gasteiger partial charge in [-0.2, -0.15) is 4.99 Å². The highest BCUT2D eigenvalue weighted by Gasteiger charge is 2.24. The van der Waals surface area contributed by atoms with Crippen LogP contribution in [0, 0.1) is 0 Å². The van der Waals surface area contributed by atoms with Crippen LogP contribution in [0.2, 0.25) is 0 Å². The summed E-state index contributed by atoms with van der Waals surface area (Å²) < 4.78 is 4.97. The van der Waals surface area contributed by atoms with Crippen molar-refractivity contribution < 1.29 is 9.53 Å². The number of nitrogens with two attached hydrogens (primary N) is 1. The molecule has 4 N–H and O–H groups in total. The van der Waals surface area contributed by atoms with Gasteiger partial charge in [-0.3, -0.25) is 0 Å². The average Bonchev–Trinajstić information content (AvgIpc) is 3.34. The zero-order valence-corrected chi connectivity index (χ0v) is 21.7. The molecule has 2 aromatic heterocycles. The van der Waals surface area contributed by atoms with Gasteiger partial charge in [-0.15, -0.1) is 21.5 Å². The standard InChI is InChI=1S/C27H29N7O2S/c1-4-17(5-2)24-23(25(35)36-3)32-27(37-24)30-21-14-10-9-13-20(21)29-26(28)31-22-16-15-19(33-34-22)18-11-7-6-8-12-18/h6-17H,4-5H2,1-3H3,(H,30,32)(H3,28,29,31,34). The van der Waals surface area contributed by atoms with Gasteiger partial charge >= 0.3 is 5.97 Å². The lowest BCUT2D eigenvalue weighted by Gasteiger charge is -2.12. The fourth-order valence-corrected chi connectivity index (χ4v) is 5.05. The number of aromatic nitrogens is 3. The molecule has 0 bridgehead atoms. The van der Waals surface area contributed by atoms with Gasteiger partial charge in [0.15, 0.2) is 22.6 Å². The van der Waals surface area contributed by atoms with Gasteiger partial charge in [0.05, 0.1) is 24.2 Å². The number of esters is 1. The van der Waals surface area contributed by atoms with Crippen LogP contribution in [0.5, 0.6) is 0 Å². The molecule has 9 nitrogen and oxygen atoms in total. The third-order valence-electron chi connectivity index (χ3n) is 5.77. The first kappa shape index (κ1) is 25.8. The molecule has 2 heterocycles. The van der Waals surface area contributed by atoms with Gasteiger partial charge in [-0.25, -0.2) is 9.78 Å². The third-order valence-corrected chi connectivity index (χ3v) is 6.91. The zero-order valence-electron chi connectivity index (χ0n) is 20.9. The van der Waals surface area contributed by atoms with Crippen molar-refractivity contribution in [2.45, 2.75) is 32.6 Å². The molecule has 0 saturated carbocycles. The lowest BCUT2D eigenvalue weighted by atomic mass is 10.0. The van der Waals surface area contributed by atoms with E-state index in [0.29, 0.717) is 22.3 Å². The van der Waals surface area contributed by atoms with E-state index in [-0.39, 0.29) is 11.9 Å². The fourth-order valence-electron chi connectivity index (χ4n) is 3.82. The number of aliphatic imine (C=N–C) groups is 1. The SMILES string of the molecule is CCC(CC)c1sc(Nc2ccccc2NC(N)=Nc2ccc(-c3ccccc3)nn2)nc1C(=O)OC. The Labute approximate surface area is 219 Å². The lowest BCUT2D eigenvalue weighted by molar-refractivity contribution is 0.0593. The van der Waals surface area contributed by atoms with Gasteiger partial charge in [0, 0.05) is 10.4 Å². The molecular weight excluding hydrogens is 486 g/mol. The maximum atomic E-state index is 12.4. The molecule has 0 fully saturated rings. The largest absolute Gasteiger partial charge is 0.464 e. The summed E-state index contributed by atoms with van der Waals surface area (Å²) in [5, 5.41) is 15.4. The summed E-state index contributed by atoms with van der Waals surface area (Å²) in [5.74, 6) is 0.330. The molecule has 10 heteroatoms. The van der Waals surface area contributed by atoms with Crippen LogP contribution >= 0.6 is 11.3 Å². The Bertz CT molecular complexity index is 1370. The van der Waals surface area contributed by atoms with Crippen LogP contribution in [-0.2, 0) is 4.74 Å². The number of hydrogen-bond donors (Lipinski definition) is 3. The molecule has 0 atom stereocenters. The van der Waals surface area contributed by atoms with Gasteiger partial charge in [0.2, 0.25) is 0 Å². The molecule has 0 aliphatic heterocycles. The first-order valence-corrected chi connectivity index (χ1v) is 12.8. The number of thiazole rings is 1. The average molecular weight is 516 g/mol. The second-order valence-electron chi connectivity index (χ2n) is 8.17. The molecular formula is C27H29N7O2S. The van der Waals surface area contributed by atoms with Gasteiger partial charge in [0.25, 0.3) is 0 Å². The smallest absolute Gasteiger partial charge is 0.357 e. The van der Waals surface area contributed by atoms with Gasteiger partial charge < -0.3 is 21.1 Å². The number of nitrogens with one attached hydrogen (secondary N) is 2. The zero-order chi connectivity index (χ0) is 26.2. The summed E-state index contributed by atoms with van der Waals surface area (Å²) in [7, 11) is 1.37. The molecule has 4 rings (SSSR count). The molecule has 0 aliphatic rings. The number of methoxy groups -OCH3 is 1. The minimum atomic E-state index is -0.437. The van der Waals surface area contributed by atoms with E-state index in [1.54, 1.807) is 6.07 Å². The van der Waals surface area contributed by atoms with Crippen molar-refractivity contribution in [2.75, 3.05) is 17.7 Å². The van der Waals surface area contributed by atoms with Gasteiger partial charge in [-0.05, 0) is 43.0 Å². The van der Waals surface area contributed by atoms with Crippen LogP contribution in [0.3, 0.4) is 0 Å². The molecule has 37 heavy (non-hydrogen) atoms. The van der Waals surface area contributed by atoms with E-state index in [1.807, 2.05) is 60.7 Å². The number of rotatable bonds is 9. The molecule has 0 spiro atoms. The van der Waals surface area contributed by atoms with E-state index >= 15 is 0 Å². The highest BCUT2D eigenvalue weighted by molar-refractivity contribution is 7.16. The summed E-state index contributed by atoms with van der Waals surface area (Å²) >= 11 is 1.45. The number of guanidine groups is 1. The Balaban J connectivity index is 1.53. The summed E-state index contributed by atoms with van der Waals surface area (Å²) in [5.41, 5.74) is 9.68. The van der Waals surface area contributed by atoms with Gasteiger partial charge in [-0.1, -0.05) is 56.3 Å². The minimum absolute atomic E-state index is 0.156. The molecule has 0 amide bonds. The summed E-state index contributed by atoms with van der Waals surface area (Å²) in [6.45, 7) is 4.20. The number of carbonyl (C=O) groups excluding carboxylic acids is 1. The van der Waals surface area contributed by atoms with Crippen molar-refractivity contribution in [3.63, 3.8) is 0 Å². The maximum Gasteiger partial charge on any atom is 0.357 e. The summed E-state index contributed by atoms with van der Waals surface area (Å²) in [6.07, 6.45) is 1.81. The van der Waals surface area contributed by atoms with Crippen molar-refractivity contribution in [1.29, 1.82) is 0 Å². The molecule has 2 aromatic carbocycles. The van der Waals surface area contributed by atoms with Crippen LogP contribution in [-0.4, -0.2) is 34.2 Å². The van der Waals surface area contributed by atoms with Crippen LogP contribution in [0.25, 0.3) is 11.3 Å². The first-order chi connectivity index (χ1) is 18.0. The lowest BCUT2D eigenvalue weighted by Crippen LogP contribution is -2.22. The Hall–Kier alpha value is -4.31. The molecule has 4 aromatic rings. The van der Waals surface area contributed by atoms with Crippen molar-refractivity contribution in [3.05, 3.63) is 77.3 Å². The number of para-hydroxylation sites is 2. The van der Waals surface area contributed by atoms with Crippen LogP contribution < -0.4 is 16.4 Å². The predicted octanol–water partition coefficient (Wildman–Crippen LogP) is 6.09. The Morgan fingerprint density at radius 1 is 1.00 bits per heavy atom. The molecule has 0 aliphatic carbocycles. The highest BCUT2D eigenvalue weighted by Crippen LogP contribution is 2.36. The van der Waals surface area contributed by atoms with Crippen molar-refractivity contribution in [1.82, 2.24) is 15.2 Å². The van der Waals surface area contributed by atoms with E-state index in [4.69, 9.17) is 10.5 Å². The Morgan fingerprint density at radius 2 is 1.70 bits per heavy atom. The Kier molecular flexibility index (Phi) is 8.42. The van der Waals surface area contributed by atoms with E-state index in [0.717, 1.165) is 34.7 Å². The first-order valence-electron chi connectivity index (χ1n) is 12.0. The highest BCUT2D eigenvalue weighted by atomic mass is 32.1.